The van der Waals surface area contributed by atoms with Crippen molar-refractivity contribution in [2.45, 2.75) is 25.4 Å². The fourth-order valence-corrected chi connectivity index (χ4v) is 3.81. The van der Waals surface area contributed by atoms with Crippen LogP contribution in [0.2, 0.25) is 0 Å². The van der Waals surface area contributed by atoms with Crippen LogP contribution in [-0.2, 0) is 23.1 Å². The molecular weight excluding hydrogens is 306 g/mol. The molecule has 0 unspecified atom stereocenters. The minimum atomic E-state index is 0.0111. The molecule has 0 aromatic carbocycles. The Kier molecular flexibility index (Phi) is 5.86. The Morgan fingerprint density at radius 2 is 2.12 bits per heavy atom. The van der Waals surface area contributed by atoms with Crippen LogP contribution in [0.5, 0.6) is 0 Å². The van der Waals surface area contributed by atoms with Gasteiger partial charge in [0.1, 0.15) is 0 Å². The van der Waals surface area contributed by atoms with Crippen LogP contribution in [0.4, 0.5) is 0 Å². The van der Waals surface area contributed by atoms with Crippen LogP contribution in [0.1, 0.15) is 18.4 Å². The van der Waals surface area contributed by atoms with E-state index < -0.39 is 0 Å². The zero-order chi connectivity index (χ0) is 16.9. The number of ether oxygens (including phenoxy) is 1. The summed E-state index contributed by atoms with van der Waals surface area (Å²) in [4.78, 5) is 17.2. The molecule has 1 aromatic rings. The van der Waals surface area contributed by atoms with E-state index in [2.05, 4.69) is 26.4 Å². The largest absolute Gasteiger partial charge is 0.381 e. The van der Waals surface area contributed by atoms with E-state index in [1.54, 1.807) is 7.05 Å². The van der Waals surface area contributed by atoms with Gasteiger partial charge in [0.05, 0.1) is 12.1 Å². The van der Waals surface area contributed by atoms with Gasteiger partial charge in [-0.25, -0.2) is 0 Å². The minimum Gasteiger partial charge on any atom is -0.381 e. The van der Waals surface area contributed by atoms with Gasteiger partial charge in [-0.05, 0) is 12.8 Å². The number of hydrogen-bond acceptors (Lipinski definition) is 5. The molecule has 1 atom stereocenters. The maximum absolute atomic E-state index is 12.3. The Morgan fingerprint density at radius 1 is 1.33 bits per heavy atom. The predicted octanol–water partition coefficient (Wildman–Crippen LogP) is 0.0789. The lowest BCUT2D eigenvalue weighted by atomic mass is 10.0. The summed E-state index contributed by atoms with van der Waals surface area (Å²) in [6, 6.07) is 0.546. The van der Waals surface area contributed by atoms with Crippen molar-refractivity contribution in [3.63, 3.8) is 0 Å². The van der Waals surface area contributed by atoms with Crippen LogP contribution in [-0.4, -0.2) is 78.0 Å². The van der Waals surface area contributed by atoms with Crippen LogP contribution in [0.15, 0.2) is 12.4 Å². The van der Waals surface area contributed by atoms with E-state index in [-0.39, 0.29) is 11.8 Å². The molecule has 2 saturated heterocycles. The molecule has 0 aliphatic carbocycles. The Morgan fingerprint density at radius 3 is 2.79 bits per heavy atom. The number of aryl methyl sites for hydroxylation is 1. The number of aromatic nitrogens is 2. The fourth-order valence-electron chi connectivity index (χ4n) is 3.81. The minimum absolute atomic E-state index is 0.0111. The number of nitrogens with one attached hydrogen (secondary N) is 1. The maximum atomic E-state index is 12.3. The SMILES string of the molecule is CNC(=O)[C@H]1CN(Cc2cnn(C)c2)CCN(C2CCOCC2)C1. The number of rotatable bonds is 4. The van der Waals surface area contributed by atoms with Crippen LogP contribution in [0.3, 0.4) is 0 Å². The summed E-state index contributed by atoms with van der Waals surface area (Å²) in [5.41, 5.74) is 1.20. The molecule has 1 N–H and O–H groups in total. The maximum Gasteiger partial charge on any atom is 0.225 e. The normalized spacial score (nSPS) is 24.7. The van der Waals surface area contributed by atoms with Gasteiger partial charge in [0.15, 0.2) is 0 Å². The number of amides is 1. The standard InChI is InChI=1S/C17H29N5O2/c1-18-17(23)15-12-21(11-14-9-19-20(2)10-14)5-6-22(13-15)16-3-7-24-8-4-16/h9-10,15-16H,3-8,11-13H2,1-2H3,(H,18,23)/t15-/m0/s1. The highest BCUT2D eigenvalue weighted by Gasteiger charge is 2.31. The molecule has 3 heterocycles. The topological polar surface area (TPSA) is 62.6 Å². The fraction of sp³-hybridized carbons (Fsp3) is 0.765. The average molecular weight is 335 g/mol. The Labute approximate surface area is 143 Å². The lowest BCUT2D eigenvalue weighted by molar-refractivity contribution is -0.125. The van der Waals surface area contributed by atoms with Gasteiger partial charge in [0, 0.05) is 77.8 Å². The molecule has 0 spiro atoms. The van der Waals surface area contributed by atoms with E-state index in [9.17, 15) is 4.79 Å². The molecule has 1 aromatic heterocycles. The highest BCUT2D eigenvalue weighted by atomic mass is 16.5. The van der Waals surface area contributed by atoms with Crippen molar-refractivity contribution < 1.29 is 9.53 Å². The van der Waals surface area contributed by atoms with E-state index in [4.69, 9.17) is 4.74 Å². The van der Waals surface area contributed by atoms with Gasteiger partial charge in [-0.3, -0.25) is 19.3 Å². The van der Waals surface area contributed by atoms with Crippen molar-refractivity contribution in [2.24, 2.45) is 13.0 Å². The summed E-state index contributed by atoms with van der Waals surface area (Å²) in [7, 11) is 3.67. The van der Waals surface area contributed by atoms with Gasteiger partial charge in [0.25, 0.3) is 0 Å². The van der Waals surface area contributed by atoms with Gasteiger partial charge in [0.2, 0.25) is 5.91 Å². The Hall–Kier alpha value is -1.44. The molecule has 24 heavy (non-hydrogen) atoms. The molecule has 7 nitrogen and oxygen atoms in total. The third kappa shape index (κ3) is 4.34. The summed E-state index contributed by atoms with van der Waals surface area (Å²) in [6.07, 6.45) is 6.11. The zero-order valence-corrected chi connectivity index (χ0v) is 14.8. The lowest BCUT2D eigenvalue weighted by Crippen LogP contribution is -2.45. The molecule has 7 heteroatoms. The second-order valence-electron chi connectivity index (χ2n) is 6.91. The first-order valence-corrected chi connectivity index (χ1v) is 8.89. The Balaban J connectivity index is 1.67. The van der Waals surface area contributed by atoms with Gasteiger partial charge >= 0.3 is 0 Å². The first kappa shape index (κ1) is 17.4. The van der Waals surface area contributed by atoms with Crippen molar-refractivity contribution in [1.82, 2.24) is 24.9 Å². The average Bonchev–Trinajstić information content (AvgIpc) is 2.89. The van der Waals surface area contributed by atoms with E-state index in [0.717, 1.165) is 58.8 Å². The first-order valence-electron chi connectivity index (χ1n) is 8.89. The summed E-state index contributed by atoms with van der Waals surface area (Å²) in [5, 5.41) is 7.09. The van der Waals surface area contributed by atoms with Crippen LogP contribution in [0.25, 0.3) is 0 Å². The zero-order valence-electron chi connectivity index (χ0n) is 14.8. The van der Waals surface area contributed by atoms with E-state index >= 15 is 0 Å². The molecule has 134 valence electrons. The number of carbonyl (C=O) groups excluding carboxylic acids is 1. The van der Waals surface area contributed by atoms with Gasteiger partial charge in [-0.2, -0.15) is 5.10 Å². The Bertz CT molecular complexity index is 541. The number of carbonyl (C=O) groups is 1. The van der Waals surface area contributed by atoms with Gasteiger partial charge < -0.3 is 10.1 Å². The molecule has 0 saturated carbocycles. The second-order valence-corrected chi connectivity index (χ2v) is 6.91. The van der Waals surface area contributed by atoms with Crippen molar-refractivity contribution >= 4 is 5.91 Å². The highest BCUT2D eigenvalue weighted by Crippen LogP contribution is 2.20. The van der Waals surface area contributed by atoms with Gasteiger partial charge in [-0.15, -0.1) is 0 Å². The first-order chi connectivity index (χ1) is 11.7. The molecule has 0 radical (unpaired) electrons. The summed E-state index contributed by atoms with van der Waals surface area (Å²) in [6.45, 7) is 6.17. The van der Waals surface area contributed by atoms with E-state index in [1.165, 1.54) is 5.56 Å². The van der Waals surface area contributed by atoms with Crippen molar-refractivity contribution in [1.29, 1.82) is 0 Å². The summed E-state index contributed by atoms with van der Waals surface area (Å²) in [5.74, 6) is 0.155. The van der Waals surface area contributed by atoms with Crippen LogP contribution >= 0.6 is 0 Å². The monoisotopic (exact) mass is 335 g/mol. The van der Waals surface area contributed by atoms with E-state index in [1.807, 2.05) is 17.9 Å². The van der Waals surface area contributed by atoms with Crippen molar-refractivity contribution in [3.8, 4) is 0 Å². The molecule has 3 rings (SSSR count). The molecule has 2 aliphatic heterocycles. The highest BCUT2D eigenvalue weighted by molar-refractivity contribution is 5.78. The lowest BCUT2D eigenvalue weighted by Gasteiger charge is -2.34. The summed E-state index contributed by atoms with van der Waals surface area (Å²) < 4.78 is 7.33. The molecule has 2 fully saturated rings. The third-order valence-electron chi connectivity index (χ3n) is 5.13. The van der Waals surface area contributed by atoms with Crippen molar-refractivity contribution in [2.75, 3.05) is 46.4 Å². The van der Waals surface area contributed by atoms with Gasteiger partial charge in [-0.1, -0.05) is 0 Å². The van der Waals surface area contributed by atoms with Crippen molar-refractivity contribution in [3.05, 3.63) is 18.0 Å². The predicted molar refractivity (Wildman–Crippen MR) is 91.5 cm³/mol. The molecular formula is C17H29N5O2. The second kappa shape index (κ2) is 8.09. The summed E-state index contributed by atoms with van der Waals surface area (Å²) >= 11 is 0. The van der Waals surface area contributed by atoms with Crippen LogP contribution in [0, 0.1) is 5.92 Å². The quantitative estimate of drug-likeness (QED) is 0.844. The number of hydrogen-bond donors (Lipinski definition) is 1. The molecule has 1 amide bonds. The molecule has 2 aliphatic rings. The smallest absolute Gasteiger partial charge is 0.225 e. The van der Waals surface area contributed by atoms with E-state index in [0.29, 0.717) is 6.04 Å². The third-order valence-corrected chi connectivity index (χ3v) is 5.13. The van der Waals surface area contributed by atoms with Crippen LogP contribution < -0.4 is 5.32 Å². The molecule has 0 bridgehead atoms. The number of nitrogens with zero attached hydrogens (tertiary/aromatic N) is 4.